The number of ether oxygens (including phenoxy) is 1. The summed E-state index contributed by atoms with van der Waals surface area (Å²) < 4.78 is 19.5. The number of nitrogens with one attached hydrogen (secondary N) is 2. The smallest absolute Gasteiger partial charge is 0.317 e. The number of nitrogens with zero attached hydrogens (tertiary/aromatic N) is 3. The Morgan fingerprint density at radius 2 is 2.06 bits per heavy atom. The number of rotatable bonds is 6. The van der Waals surface area contributed by atoms with Crippen LogP contribution in [-0.4, -0.2) is 83.4 Å². The molecular formula is C27H32FN5O3. The van der Waals surface area contributed by atoms with Crippen molar-refractivity contribution in [2.45, 2.75) is 25.4 Å². The monoisotopic (exact) mass is 493 g/mol. The standard InChI is InChI=1S/C27H32FN5O3/c1-36-25-3-2-19(28)16-22(25)21-4-9-29-26-23(21)17-24(31-26)18-5-13-33(14-6-18)27(35)30-10-15-32-11-7-20(34)8-12-32/h2-5,9,16-17,20,34H,6-8,10-15H2,1H3,(H,29,31)(H,30,35). The minimum Gasteiger partial charge on any atom is -0.496 e. The lowest BCUT2D eigenvalue weighted by molar-refractivity contribution is 0.0830. The number of methoxy groups -OCH3 is 1. The number of aliphatic hydroxyl groups excluding tert-OH is 1. The van der Waals surface area contributed by atoms with Crippen molar-refractivity contribution in [2.75, 3.05) is 46.4 Å². The molecule has 8 nitrogen and oxygen atoms in total. The number of amides is 2. The number of halogens is 1. The number of aliphatic hydroxyl groups is 1. The molecule has 9 heteroatoms. The van der Waals surface area contributed by atoms with Crippen molar-refractivity contribution in [3.8, 4) is 16.9 Å². The number of piperidine rings is 1. The van der Waals surface area contributed by atoms with Gasteiger partial charge in [-0.05, 0) is 60.7 Å². The zero-order valence-electron chi connectivity index (χ0n) is 20.5. The Morgan fingerprint density at radius 1 is 1.22 bits per heavy atom. The van der Waals surface area contributed by atoms with Gasteiger partial charge in [0.15, 0.2) is 0 Å². The highest BCUT2D eigenvalue weighted by Crippen LogP contribution is 2.36. The summed E-state index contributed by atoms with van der Waals surface area (Å²) >= 11 is 0. The Hall–Kier alpha value is -3.43. The van der Waals surface area contributed by atoms with E-state index < -0.39 is 0 Å². The summed E-state index contributed by atoms with van der Waals surface area (Å²) in [5.74, 6) is 0.276. The molecule has 2 aromatic heterocycles. The highest BCUT2D eigenvalue weighted by molar-refractivity contribution is 5.96. The second-order valence-electron chi connectivity index (χ2n) is 9.38. The molecular weight excluding hydrogens is 461 g/mol. The molecule has 1 aromatic carbocycles. The maximum atomic E-state index is 14.0. The first-order valence-corrected chi connectivity index (χ1v) is 12.5. The highest BCUT2D eigenvalue weighted by Gasteiger charge is 2.21. The molecule has 2 aliphatic rings. The van der Waals surface area contributed by atoms with Gasteiger partial charge in [-0.25, -0.2) is 14.2 Å². The van der Waals surface area contributed by atoms with Crippen LogP contribution in [0.3, 0.4) is 0 Å². The van der Waals surface area contributed by atoms with Gasteiger partial charge in [-0.3, -0.25) is 0 Å². The van der Waals surface area contributed by atoms with E-state index in [1.54, 1.807) is 19.4 Å². The number of carbonyl (C=O) groups is 1. The highest BCUT2D eigenvalue weighted by atomic mass is 19.1. The molecule has 0 unspecified atom stereocenters. The minimum absolute atomic E-state index is 0.0545. The Labute approximate surface area is 209 Å². The van der Waals surface area contributed by atoms with Crippen LogP contribution >= 0.6 is 0 Å². The van der Waals surface area contributed by atoms with Crippen LogP contribution in [0.15, 0.2) is 42.6 Å². The van der Waals surface area contributed by atoms with Crippen molar-refractivity contribution < 1.29 is 19.0 Å². The van der Waals surface area contributed by atoms with E-state index in [4.69, 9.17) is 4.74 Å². The van der Waals surface area contributed by atoms with Gasteiger partial charge in [0, 0.05) is 62.1 Å². The number of urea groups is 1. The van der Waals surface area contributed by atoms with Crippen LogP contribution in [0.5, 0.6) is 5.75 Å². The Morgan fingerprint density at radius 3 is 2.81 bits per heavy atom. The summed E-state index contributed by atoms with van der Waals surface area (Å²) in [5, 5.41) is 13.5. The number of aromatic nitrogens is 2. The number of fused-ring (bicyclic) bond motifs is 1. The zero-order chi connectivity index (χ0) is 25.1. The van der Waals surface area contributed by atoms with Gasteiger partial charge in [0.05, 0.1) is 13.2 Å². The van der Waals surface area contributed by atoms with Crippen LogP contribution in [0.25, 0.3) is 27.7 Å². The SMILES string of the molecule is COc1ccc(F)cc1-c1ccnc2[nH]c(C3=CCN(C(=O)NCCN4CCC(O)CC4)CC3)cc12. The fourth-order valence-electron chi connectivity index (χ4n) is 5.00. The van der Waals surface area contributed by atoms with Gasteiger partial charge >= 0.3 is 6.03 Å². The summed E-state index contributed by atoms with van der Waals surface area (Å²) in [6.07, 6.45) is 5.91. The predicted octanol–water partition coefficient (Wildman–Crippen LogP) is 3.63. The van der Waals surface area contributed by atoms with Crippen molar-refractivity contribution in [1.29, 1.82) is 0 Å². The lowest BCUT2D eigenvalue weighted by Gasteiger charge is -2.30. The van der Waals surface area contributed by atoms with E-state index in [0.29, 0.717) is 30.9 Å². The van der Waals surface area contributed by atoms with Crippen molar-refractivity contribution in [3.05, 3.63) is 54.1 Å². The molecule has 0 bridgehead atoms. The van der Waals surface area contributed by atoms with Crippen LogP contribution in [0.2, 0.25) is 0 Å². The second kappa shape index (κ2) is 10.7. The lowest BCUT2D eigenvalue weighted by atomic mass is 10.0. The first kappa shape index (κ1) is 24.3. The second-order valence-corrected chi connectivity index (χ2v) is 9.38. The van der Waals surface area contributed by atoms with E-state index in [0.717, 1.165) is 66.8 Å². The molecule has 0 radical (unpaired) electrons. The molecule has 1 fully saturated rings. The molecule has 0 saturated carbocycles. The van der Waals surface area contributed by atoms with E-state index in [9.17, 15) is 14.3 Å². The van der Waals surface area contributed by atoms with E-state index in [2.05, 4.69) is 26.3 Å². The average Bonchev–Trinajstić information content (AvgIpc) is 3.34. The number of benzene rings is 1. The van der Waals surface area contributed by atoms with Gasteiger partial charge < -0.3 is 29.9 Å². The number of H-pyrrole nitrogens is 1. The quantitative estimate of drug-likeness (QED) is 0.488. The molecule has 0 atom stereocenters. The minimum atomic E-state index is -0.324. The molecule has 2 aliphatic heterocycles. The summed E-state index contributed by atoms with van der Waals surface area (Å²) in [7, 11) is 1.57. The van der Waals surface area contributed by atoms with Crippen LogP contribution in [0, 0.1) is 5.82 Å². The van der Waals surface area contributed by atoms with E-state index in [-0.39, 0.29) is 18.0 Å². The third-order valence-corrected chi connectivity index (χ3v) is 7.09. The molecule has 1 saturated heterocycles. The molecule has 3 N–H and O–H groups in total. The molecule has 2 amide bonds. The molecule has 190 valence electrons. The van der Waals surface area contributed by atoms with Crippen LogP contribution < -0.4 is 10.1 Å². The molecule has 36 heavy (non-hydrogen) atoms. The normalized spacial score (nSPS) is 17.3. The number of likely N-dealkylation sites (tertiary alicyclic amines) is 1. The van der Waals surface area contributed by atoms with Crippen LogP contribution in [0.4, 0.5) is 9.18 Å². The first-order valence-electron chi connectivity index (χ1n) is 12.5. The predicted molar refractivity (Wildman–Crippen MR) is 137 cm³/mol. The Bertz CT molecular complexity index is 1270. The van der Waals surface area contributed by atoms with E-state index in [1.807, 2.05) is 17.0 Å². The topological polar surface area (TPSA) is 93.7 Å². The lowest BCUT2D eigenvalue weighted by Crippen LogP contribution is -2.46. The molecule has 5 rings (SSSR count). The molecule has 0 spiro atoms. The summed E-state index contributed by atoms with van der Waals surface area (Å²) in [5.41, 5.74) is 4.32. The maximum absolute atomic E-state index is 14.0. The maximum Gasteiger partial charge on any atom is 0.317 e. The summed E-state index contributed by atoms with van der Waals surface area (Å²) in [6, 6.07) is 8.34. The molecule has 3 aromatic rings. The Balaban J connectivity index is 1.24. The van der Waals surface area contributed by atoms with Gasteiger partial charge in [0.25, 0.3) is 0 Å². The van der Waals surface area contributed by atoms with Crippen molar-refractivity contribution in [2.24, 2.45) is 0 Å². The Kier molecular flexibility index (Phi) is 7.20. The summed E-state index contributed by atoms with van der Waals surface area (Å²) in [4.78, 5) is 24.6. The third kappa shape index (κ3) is 5.22. The van der Waals surface area contributed by atoms with Gasteiger partial charge in [-0.15, -0.1) is 0 Å². The number of hydrogen-bond acceptors (Lipinski definition) is 5. The van der Waals surface area contributed by atoms with Crippen molar-refractivity contribution in [1.82, 2.24) is 25.1 Å². The van der Waals surface area contributed by atoms with Crippen molar-refractivity contribution in [3.63, 3.8) is 0 Å². The van der Waals surface area contributed by atoms with Gasteiger partial charge in [-0.1, -0.05) is 6.08 Å². The molecule has 4 heterocycles. The fourth-order valence-corrected chi connectivity index (χ4v) is 5.00. The largest absolute Gasteiger partial charge is 0.496 e. The van der Waals surface area contributed by atoms with Gasteiger partial charge in [-0.2, -0.15) is 0 Å². The fraction of sp³-hybridized carbons (Fsp3) is 0.407. The number of carbonyl (C=O) groups excluding carboxylic acids is 1. The van der Waals surface area contributed by atoms with Crippen LogP contribution in [-0.2, 0) is 0 Å². The average molecular weight is 494 g/mol. The third-order valence-electron chi connectivity index (χ3n) is 7.09. The summed E-state index contributed by atoms with van der Waals surface area (Å²) in [6.45, 7) is 4.31. The number of aromatic amines is 1. The zero-order valence-corrected chi connectivity index (χ0v) is 20.5. The first-order chi connectivity index (χ1) is 17.5. The van der Waals surface area contributed by atoms with Crippen LogP contribution in [0.1, 0.15) is 25.0 Å². The van der Waals surface area contributed by atoms with Gasteiger partial charge in [0.2, 0.25) is 0 Å². The number of hydrogen-bond donors (Lipinski definition) is 3. The van der Waals surface area contributed by atoms with E-state index in [1.165, 1.54) is 12.1 Å². The van der Waals surface area contributed by atoms with Crippen molar-refractivity contribution >= 4 is 22.6 Å². The van der Waals surface area contributed by atoms with E-state index >= 15 is 0 Å². The number of pyridine rings is 1. The molecule has 0 aliphatic carbocycles. The van der Waals surface area contributed by atoms with Gasteiger partial charge in [0.1, 0.15) is 17.2 Å².